The van der Waals surface area contributed by atoms with Crippen LogP contribution < -0.4 is 10.5 Å². The molecule has 0 aliphatic carbocycles. The van der Waals surface area contributed by atoms with Gasteiger partial charge < -0.3 is 15.4 Å². The molecule has 17 heavy (non-hydrogen) atoms. The lowest BCUT2D eigenvalue weighted by atomic mass is 10.1. The topological polar surface area (TPSA) is 64.3 Å². The first-order chi connectivity index (χ1) is 7.85. The molecule has 1 aromatic rings. The molecule has 1 aromatic heterocycles. The molecule has 0 amide bonds. The van der Waals surface area contributed by atoms with E-state index in [1.807, 2.05) is 20.4 Å². The van der Waals surface area contributed by atoms with E-state index in [0.29, 0.717) is 23.5 Å². The minimum atomic E-state index is -0.0563. The normalized spacial score (nSPS) is 11.9. The van der Waals surface area contributed by atoms with Crippen molar-refractivity contribution in [3.63, 3.8) is 0 Å². The second-order valence-electron chi connectivity index (χ2n) is 4.61. The Kier molecular flexibility index (Phi) is 4.59. The Labute approximate surface area is 107 Å². The number of hydrogen-bond acceptors (Lipinski definition) is 6. The summed E-state index contributed by atoms with van der Waals surface area (Å²) in [6, 6.07) is 1.64. The Balaban J connectivity index is 2.72. The molecule has 0 saturated carbocycles. The number of aromatic nitrogens is 2. The Bertz CT molecular complexity index is 382. The first kappa shape index (κ1) is 14.1. The van der Waals surface area contributed by atoms with E-state index >= 15 is 0 Å². The van der Waals surface area contributed by atoms with Gasteiger partial charge in [0.25, 0.3) is 0 Å². The number of ether oxygens (including phenoxy) is 1. The highest BCUT2D eigenvalue weighted by atomic mass is 32.2. The number of rotatable bonds is 5. The second kappa shape index (κ2) is 5.55. The zero-order valence-electron chi connectivity index (χ0n) is 11.0. The van der Waals surface area contributed by atoms with Gasteiger partial charge in [-0.2, -0.15) is 4.98 Å². The van der Waals surface area contributed by atoms with Crippen LogP contribution in [0.4, 0.5) is 5.82 Å². The number of hydrogen-bond donors (Lipinski definition) is 1. The summed E-state index contributed by atoms with van der Waals surface area (Å²) >= 11 is 1.44. The summed E-state index contributed by atoms with van der Waals surface area (Å²) in [7, 11) is 4.04. The van der Waals surface area contributed by atoms with E-state index < -0.39 is 0 Å². The van der Waals surface area contributed by atoms with Crippen LogP contribution in [0.1, 0.15) is 13.8 Å². The van der Waals surface area contributed by atoms with Crippen LogP contribution in [0.5, 0.6) is 5.88 Å². The molecule has 96 valence electrons. The molecule has 1 heterocycles. The molecule has 0 saturated heterocycles. The van der Waals surface area contributed by atoms with Gasteiger partial charge in [-0.15, -0.1) is 0 Å². The largest absolute Gasteiger partial charge is 0.476 e. The third kappa shape index (κ3) is 4.05. The van der Waals surface area contributed by atoms with Crippen LogP contribution in [0.3, 0.4) is 0 Å². The van der Waals surface area contributed by atoms with Crippen LogP contribution >= 0.6 is 11.8 Å². The van der Waals surface area contributed by atoms with E-state index in [1.165, 1.54) is 11.8 Å². The highest BCUT2D eigenvalue weighted by Crippen LogP contribution is 2.19. The molecule has 0 radical (unpaired) electrons. The Morgan fingerprint density at radius 1 is 1.41 bits per heavy atom. The minimum Gasteiger partial charge on any atom is -0.476 e. The average Bonchev–Trinajstić information content (AvgIpc) is 2.25. The van der Waals surface area contributed by atoms with Crippen LogP contribution in [0.2, 0.25) is 0 Å². The lowest BCUT2D eigenvalue weighted by molar-refractivity contribution is 0.110. The maximum absolute atomic E-state index is 5.68. The Morgan fingerprint density at radius 2 is 2.06 bits per heavy atom. The first-order valence-electron chi connectivity index (χ1n) is 5.34. The van der Waals surface area contributed by atoms with Crippen LogP contribution in [-0.4, -0.2) is 47.4 Å². The van der Waals surface area contributed by atoms with Gasteiger partial charge in [-0.1, -0.05) is 11.8 Å². The van der Waals surface area contributed by atoms with Crippen molar-refractivity contribution in [1.29, 1.82) is 0 Å². The first-order valence-corrected chi connectivity index (χ1v) is 6.56. The van der Waals surface area contributed by atoms with Gasteiger partial charge >= 0.3 is 0 Å². The van der Waals surface area contributed by atoms with Gasteiger partial charge in [0, 0.05) is 11.6 Å². The quantitative estimate of drug-likeness (QED) is 0.636. The smallest absolute Gasteiger partial charge is 0.219 e. The monoisotopic (exact) mass is 256 g/mol. The predicted octanol–water partition coefficient (Wildman–Crippen LogP) is 1.50. The summed E-state index contributed by atoms with van der Waals surface area (Å²) in [4.78, 5) is 10.4. The highest BCUT2D eigenvalue weighted by molar-refractivity contribution is 7.98. The standard InChI is InChI=1S/C11H20N4OS/c1-11(2,15(3)4)7-16-9-6-8(12)13-10(14-9)17-5/h6H,7H2,1-5H3,(H2,12,13,14). The second-order valence-corrected chi connectivity index (χ2v) is 5.39. The number of likely N-dealkylation sites (N-methyl/N-ethyl adjacent to an activating group) is 1. The molecule has 5 nitrogen and oxygen atoms in total. The van der Waals surface area contributed by atoms with Crippen molar-refractivity contribution in [1.82, 2.24) is 14.9 Å². The van der Waals surface area contributed by atoms with E-state index in [4.69, 9.17) is 10.5 Å². The lowest BCUT2D eigenvalue weighted by Gasteiger charge is -2.31. The van der Waals surface area contributed by atoms with E-state index in [9.17, 15) is 0 Å². The fraction of sp³-hybridized carbons (Fsp3) is 0.636. The number of nitrogens with zero attached hydrogens (tertiary/aromatic N) is 3. The van der Waals surface area contributed by atoms with E-state index in [0.717, 1.165) is 0 Å². The summed E-state index contributed by atoms with van der Waals surface area (Å²) < 4.78 is 5.67. The molecule has 0 aliphatic heterocycles. The SMILES string of the molecule is CSc1nc(N)cc(OCC(C)(C)N(C)C)n1. The summed E-state index contributed by atoms with van der Waals surface area (Å²) in [5, 5.41) is 0.627. The fourth-order valence-corrected chi connectivity index (χ4v) is 1.34. The summed E-state index contributed by atoms with van der Waals surface area (Å²) in [6.45, 7) is 4.75. The predicted molar refractivity (Wildman–Crippen MR) is 71.5 cm³/mol. The van der Waals surface area contributed by atoms with Crippen molar-refractivity contribution in [2.45, 2.75) is 24.5 Å². The van der Waals surface area contributed by atoms with E-state index in [1.54, 1.807) is 6.07 Å². The van der Waals surface area contributed by atoms with Crippen molar-refractivity contribution < 1.29 is 4.74 Å². The molecule has 0 atom stereocenters. The van der Waals surface area contributed by atoms with Crippen molar-refractivity contribution in [2.75, 3.05) is 32.7 Å². The average molecular weight is 256 g/mol. The van der Waals surface area contributed by atoms with Gasteiger partial charge in [-0.05, 0) is 34.2 Å². The van der Waals surface area contributed by atoms with Crippen LogP contribution in [0.15, 0.2) is 11.2 Å². The van der Waals surface area contributed by atoms with Crippen molar-refractivity contribution in [3.8, 4) is 5.88 Å². The highest BCUT2D eigenvalue weighted by Gasteiger charge is 2.21. The molecule has 6 heteroatoms. The van der Waals surface area contributed by atoms with Crippen molar-refractivity contribution >= 4 is 17.6 Å². The van der Waals surface area contributed by atoms with Crippen molar-refractivity contribution in [3.05, 3.63) is 6.07 Å². The van der Waals surface area contributed by atoms with Crippen LogP contribution in [0.25, 0.3) is 0 Å². The molecule has 0 fully saturated rings. The van der Waals surface area contributed by atoms with Gasteiger partial charge in [-0.25, -0.2) is 4.98 Å². The lowest BCUT2D eigenvalue weighted by Crippen LogP contribution is -2.43. The maximum atomic E-state index is 5.68. The molecule has 1 rings (SSSR count). The number of nitrogens with two attached hydrogens (primary N) is 1. The number of anilines is 1. The fourth-order valence-electron chi connectivity index (χ4n) is 0.966. The molecule has 0 bridgehead atoms. The van der Waals surface area contributed by atoms with Crippen LogP contribution in [-0.2, 0) is 0 Å². The number of thioether (sulfide) groups is 1. The maximum Gasteiger partial charge on any atom is 0.219 e. The molecule has 0 spiro atoms. The molecular weight excluding hydrogens is 236 g/mol. The Morgan fingerprint density at radius 3 is 2.59 bits per heavy atom. The zero-order valence-corrected chi connectivity index (χ0v) is 11.8. The molecule has 2 N–H and O–H groups in total. The zero-order chi connectivity index (χ0) is 13.1. The number of nitrogen functional groups attached to an aromatic ring is 1. The van der Waals surface area contributed by atoms with Gasteiger partial charge in [0.1, 0.15) is 12.4 Å². The molecular formula is C11H20N4OS. The van der Waals surface area contributed by atoms with Gasteiger partial charge in [-0.3, -0.25) is 0 Å². The summed E-state index contributed by atoms with van der Waals surface area (Å²) in [6.07, 6.45) is 1.91. The van der Waals surface area contributed by atoms with Gasteiger partial charge in [0.2, 0.25) is 5.88 Å². The Hall–Kier alpha value is -1.01. The molecule has 0 aliphatic rings. The molecule has 0 unspecified atom stereocenters. The van der Waals surface area contributed by atoms with Gasteiger partial charge in [0.05, 0.1) is 0 Å². The van der Waals surface area contributed by atoms with E-state index in [-0.39, 0.29) is 5.54 Å². The minimum absolute atomic E-state index is 0.0563. The van der Waals surface area contributed by atoms with Gasteiger partial charge in [0.15, 0.2) is 5.16 Å². The third-order valence-corrected chi connectivity index (χ3v) is 3.22. The van der Waals surface area contributed by atoms with Crippen LogP contribution in [0, 0.1) is 0 Å². The molecule has 0 aromatic carbocycles. The van der Waals surface area contributed by atoms with E-state index in [2.05, 4.69) is 28.7 Å². The summed E-state index contributed by atoms with van der Waals surface area (Å²) in [5.74, 6) is 0.957. The summed E-state index contributed by atoms with van der Waals surface area (Å²) in [5.41, 5.74) is 5.62. The van der Waals surface area contributed by atoms with Crippen molar-refractivity contribution in [2.24, 2.45) is 0 Å². The third-order valence-electron chi connectivity index (χ3n) is 2.67.